The molecular formula is C26H36N2O4. The van der Waals surface area contributed by atoms with Crippen LogP contribution in [-0.4, -0.2) is 52.8 Å². The molecule has 0 radical (unpaired) electrons. The number of benzene rings is 1. The lowest BCUT2D eigenvalue weighted by atomic mass is 9.78. The first-order valence-corrected chi connectivity index (χ1v) is 12.1. The van der Waals surface area contributed by atoms with Crippen LogP contribution < -0.4 is 4.74 Å². The number of hydrogen-bond acceptors (Lipinski definition) is 5. The molecule has 1 aromatic carbocycles. The smallest absolute Gasteiger partial charge is 0.303 e. The van der Waals surface area contributed by atoms with Crippen molar-refractivity contribution in [3.8, 4) is 5.75 Å². The average molecular weight is 441 g/mol. The minimum absolute atomic E-state index is 0.232. The van der Waals surface area contributed by atoms with Gasteiger partial charge >= 0.3 is 5.97 Å². The van der Waals surface area contributed by atoms with Gasteiger partial charge in [0.05, 0.1) is 18.7 Å². The van der Waals surface area contributed by atoms with Crippen LogP contribution in [0.3, 0.4) is 0 Å². The van der Waals surface area contributed by atoms with E-state index in [0.29, 0.717) is 18.3 Å². The Morgan fingerprint density at radius 3 is 2.78 bits per heavy atom. The Morgan fingerprint density at radius 2 is 2.06 bits per heavy atom. The van der Waals surface area contributed by atoms with Crippen molar-refractivity contribution >= 4 is 16.9 Å². The number of carboxylic acid groups (broad SMARTS) is 1. The molecule has 6 heteroatoms. The average Bonchev–Trinajstić information content (AvgIpc) is 2.78. The van der Waals surface area contributed by atoms with Crippen LogP contribution in [0.1, 0.15) is 63.0 Å². The van der Waals surface area contributed by atoms with Gasteiger partial charge in [0, 0.05) is 31.1 Å². The fraction of sp³-hybridized carbons (Fsp3) is 0.615. The highest BCUT2D eigenvalue weighted by atomic mass is 16.5. The predicted octanol–water partition coefficient (Wildman–Crippen LogP) is 4.66. The van der Waals surface area contributed by atoms with Gasteiger partial charge in [-0.3, -0.25) is 9.78 Å². The predicted molar refractivity (Wildman–Crippen MR) is 125 cm³/mol. The van der Waals surface area contributed by atoms with Gasteiger partial charge in [0.1, 0.15) is 5.75 Å². The van der Waals surface area contributed by atoms with Gasteiger partial charge in [-0.15, -0.1) is 0 Å². The number of ether oxygens (including phenoxy) is 1. The highest BCUT2D eigenvalue weighted by molar-refractivity contribution is 5.83. The molecule has 174 valence electrons. The quantitative estimate of drug-likeness (QED) is 0.559. The Labute approximate surface area is 190 Å². The van der Waals surface area contributed by atoms with E-state index in [0.717, 1.165) is 60.5 Å². The number of piperidine rings is 1. The molecule has 1 unspecified atom stereocenters. The lowest BCUT2D eigenvalue weighted by molar-refractivity contribution is -0.137. The maximum Gasteiger partial charge on any atom is 0.303 e. The fourth-order valence-electron chi connectivity index (χ4n) is 5.47. The van der Waals surface area contributed by atoms with Crippen LogP contribution in [0, 0.1) is 17.8 Å². The Kier molecular flexibility index (Phi) is 7.63. The number of hydrogen-bond donors (Lipinski definition) is 2. The molecule has 1 aliphatic heterocycles. The van der Waals surface area contributed by atoms with Gasteiger partial charge < -0.3 is 19.8 Å². The number of nitrogens with zero attached hydrogens (tertiary/aromatic N) is 2. The summed E-state index contributed by atoms with van der Waals surface area (Å²) in [6.45, 7) is 3.26. The highest BCUT2D eigenvalue weighted by Crippen LogP contribution is 2.36. The maximum atomic E-state index is 11.2. The van der Waals surface area contributed by atoms with Gasteiger partial charge in [-0.2, -0.15) is 0 Å². The van der Waals surface area contributed by atoms with Gasteiger partial charge in [0.2, 0.25) is 0 Å². The molecule has 3 atom stereocenters. The topological polar surface area (TPSA) is 82.9 Å². The Hall–Kier alpha value is -2.18. The van der Waals surface area contributed by atoms with E-state index >= 15 is 0 Å². The lowest BCUT2D eigenvalue weighted by Gasteiger charge is -2.41. The number of pyridine rings is 1. The number of aromatic nitrogens is 1. The van der Waals surface area contributed by atoms with E-state index in [1.165, 1.54) is 25.8 Å². The van der Waals surface area contributed by atoms with Crippen LogP contribution >= 0.6 is 0 Å². The summed E-state index contributed by atoms with van der Waals surface area (Å²) in [6.07, 6.45) is 8.87. The summed E-state index contributed by atoms with van der Waals surface area (Å²) in [5, 5.41) is 21.2. The van der Waals surface area contributed by atoms with Crippen LogP contribution in [0.15, 0.2) is 30.5 Å². The molecule has 2 aromatic rings. The molecule has 0 bridgehead atoms. The number of methoxy groups -OCH3 is 1. The molecule has 2 heterocycles. The van der Waals surface area contributed by atoms with Crippen LogP contribution in [0.25, 0.3) is 10.9 Å². The first kappa shape index (κ1) is 23.0. The van der Waals surface area contributed by atoms with Crippen molar-refractivity contribution in [3.63, 3.8) is 0 Å². The van der Waals surface area contributed by atoms with E-state index in [-0.39, 0.29) is 6.42 Å². The summed E-state index contributed by atoms with van der Waals surface area (Å²) in [6, 6.07) is 7.64. The summed E-state index contributed by atoms with van der Waals surface area (Å²) in [5.74, 6) is 1.74. The third-order valence-electron chi connectivity index (χ3n) is 7.60. The number of aliphatic hydroxyl groups is 1. The van der Waals surface area contributed by atoms with Gasteiger partial charge in [0.15, 0.2) is 0 Å². The van der Waals surface area contributed by atoms with Crippen molar-refractivity contribution in [2.24, 2.45) is 17.8 Å². The van der Waals surface area contributed by atoms with Crippen molar-refractivity contribution < 1.29 is 19.7 Å². The zero-order valence-electron chi connectivity index (χ0n) is 19.1. The zero-order chi connectivity index (χ0) is 22.5. The fourth-order valence-corrected chi connectivity index (χ4v) is 5.47. The number of fused-ring (bicyclic) bond motifs is 1. The first-order chi connectivity index (χ1) is 15.5. The SMILES string of the molecule is COc1ccc2nccc(C(O)CC[C@@H]3CCN(CC4CCC4)C[C@@H]3CCC(=O)O)c2c1. The second-order valence-corrected chi connectivity index (χ2v) is 9.67. The lowest BCUT2D eigenvalue weighted by Crippen LogP contribution is -2.43. The molecule has 4 rings (SSSR count). The number of aliphatic hydroxyl groups excluding tert-OH is 1. The van der Waals surface area contributed by atoms with Crippen molar-refractivity contribution in [2.75, 3.05) is 26.7 Å². The third-order valence-corrected chi connectivity index (χ3v) is 7.60. The molecule has 1 aliphatic carbocycles. The van der Waals surface area contributed by atoms with Gasteiger partial charge in [-0.25, -0.2) is 0 Å². The van der Waals surface area contributed by atoms with E-state index in [9.17, 15) is 15.0 Å². The van der Waals surface area contributed by atoms with Crippen molar-refractivity contribution in [1.29, 1.82) is 0 Å². The molecule has 1 aromatic heterocycles. The monoisotopic (exact) mass is 440 g/mol. The summed E-state index contributed by atoms with van der Waals surface area (Å²) < 4.78 is 5.36. The van der Waals surface area contributed by atoms with Crippen LogP contribution in [-0.2, 0) is 4.79 Å². The summed E-state index contributed by atoms with van der Waals surface area (Å²) in [5.41, 5.74) is 1.74. The van der Waals surface area contributed by atoms with E-state index in [1.807, 2.05) is 24.3 Å². The zero-order valence-corrected chi connectivity index (χ0v) is 19.1. The maximum absolute atomic E-state index is 11.2. The first-order valence-electron chi connectivity index (χ1n) is 12.1. The van der Waals surface area contributed by atoms with E-state index in [1.54, 1.807) is 13.3 Å². The molecule has 0 spiro atoms. The van der Waals surface area contributed by atoms with Gasteiger partial charge in [-0.1, -0.05) is 6.42 Å². The molecule has 6 nitrogen and oxygen atoms in total. The molecule has 2 N–H and O–H groups in total. The van der Waals surface area contributed by atoms with Crippen molar-refractivity contribution in [1.82, 2.24) is 9.88 Å². The minimum Gasteiger partial charge on any atom is -0.497 e. The van der Waals surface area contributed by atoms with Crippen molar-refractivity contribution in [2.45, 2.75) is 57.5 Å². The third kappa shape index (κ3) is 5.59. The van der Waals surface area contributed by atoms with Gasteiger partial charge in [-0.05, 0) is 92.7 Å². The van der Waals surface area contributed by atoms with Gasteiger partial charge in [0.25, 0.3) is 0 Å². The van der Waals surface area contributed by atoms with Crippen LogP contribution in [0.2, 0.25) is 0 Å². The molecule has 1 saturated carbocycles. The Balaban J connectivity index is 1.40. The molecule has 1 saturated heterocycles. The normalized spacial score (nSPS) is 23.1. The molecular weight excluding hydrogens is 404 g/mol. The van der Waals surface area contributed by atoms with E-state index < -0.39 is 12.1 Å². The number of rotatable bonds is 10. The van der Waals surface area contributed by atoms with E-state index in [2.05, 4.69) is 9.88 Å². The highest BCUT2D eigenvalue weighted by Gasteiger charge is 2.32. The Morgan fingerprint density at radius 1 is 1.22 bits per heavy atom. The molecule has 0 amide bonds. The van der Waals surface area contributed by atoms with E-state index in [4.69, 9.17) is 4.74 Å². The number of likely N-dealkylation sites (tertiary alicyclic amines) is 1. The summed E-state index contributed by atoms with van der Waals surface area (Å²) >= 11 is 0. The molecule has 2 aliphatic rings. The Bertz CT molecular complexity index is 914. The summed E-state index contributed by atoms with van der Waals surface area (Å²) in [7, 11) is 1.64. The largest absolute Gasteiger partial charge is 0.497 e. The van der Waals surface area contributed by atoms with Crippen LogP contribution in [0.4, 0.5) is 0 Å². The molecule has 2 fully saturated rings. The number of carbonyl (C=O) groups is 1. The molecule has 32 heavy (non-hydrogen) atoms. The van der Waals surface area contributed by atoms with Crippen molar-refractivity contribution in [3.05, 3.63) is 36.0 Å². The minimum atomic E-state index is -0.711. The second kappa shape index (κ2) is 10.6. The van der Waals surface area contributed by atoms with Crippen LogP contribution in [0.5, 0.6) is 5.75 Å². The number of aliphatic carboxylic acids is 1. The standard InChI is InChI=1S/C26H36N2O4/c1-32-21-7-8-24-23(15-21)22(11-13-27-24)25(29)9-5-19-12-14-28(16-18-3-2-4-18)17-20(19)6-10-26(30)31/h7-8,11,13,15,18-20,25,29H,2-6,9-10,12,14,16-17H2,1H3,(H,30,31)/t19-,20+,25?/m1/s1. The second-order valence-electron chi connectivity index (χ2n) is 9.67. The summed E-state index contributed by atoms with van der Waals surface area (Å²) in [4.78, 5) is 18.2. The number of carboxylic acids is 1.